The first-order valence-corrected chi connectivity index (χ1v) is 13.2. The molecule has 4 aromatic heterocycles. The number of sulfonamides is 1. The second-order valence-electron chi connectivity index (χ2n) is 7.36. The molecule has 0 atom stereocenters. The zero-order chi connectivity index (χ0) is 22.3. The van der Waals surface area contributed by atoms with Gasteiger partial charge in [-0.15, -0.1) is 22.7 Å². The molecule has 0 unspecified atom stereocenters. The lowest BCUT2D eigenvalue weighted by Crippen LogP contribution is -2.48. The molecular formula is C20H21N7O2S3. The van der Waals surface area contributed by atoms with Crippen LogP contribution in [0, 0.1) is 13.8 Å². The molecule has 1 aliphatic rings. The Hall–Kier alpha value is -2.67. The van der Waals surface area contributed by atoms with E-state index in [-0.39, 0.29) is 0 Å². The third-order valence-corrected chi connectivity index (χ3v) is 9.44. The van der Waals surface area contributed by atoms with Crippen LogP contribution in [-0.2, 0) is 10.0 Å². The molecule has 0 radical (unpaired) electrons. The first kappa shape index (κ1) is 21.2. The van der Waals surface area contributed by atoms with Crippen LogP contribution >= 0.6 is 22.7 Å². The number of aryl methyl sites for hydroxylation is 2. The van der Waals surface area contributed by atoms with Crippen molar-refractivity contribution in [2.45, 2.75) is 18.1 Å². The minimum atomic E-state index is -3.54. The largest absolute Gasteiger partial charge is 0.354 e. The summed E-state index contributed by atoms with van der Waals surface area (Å²) in [6.45, 7) is 5.70. The summed E-state index contributed by atoms with van der Waals surface area (Å²) < 4.78 is 30.2. The summed E-state index contributed by atoms with van der Waals surface area (Å²) >= 11 is 2.83. The Bertz CT molecular complexity index is 1340. The van der Waals surface area contributed by atoms with Gasteiger partial charge in [0.05, 0.1) is 15.6 Å². The molecule has 4 aromatic rings. The van der Waals surface area contributed by atoms with Crippen molar-refractivity contribution in [1.29, 1.82) is 0 Å². The number of thiazole rings is 1. The maximum absolute atomic E-state index is 13.2. The second kappa shape index (κ2) is 8.35. The van der Waals surface area contributed by atoms with Gasteiger partial charge in [0.25, 0.3) is 10.0 Å². The van der Waals surface area contributed by atoms with Crippen molar-refractivity contribution in [3.8, 4) is 16.4 Å². The van der Waals surface area contributed by atoms with E-state index in [2.05, 4.69) is 24.8 Å². The van der Waals surface area contributed by atoms with Crippen LogP contribution < -0.4 is 4.90 Å². The first-order valence-electron chi connectivity index (χ1n) is 10.0. The fourth-order valence-electron chi connectivity index (χ4n) is 3.58. The highest BCUT2D eigenvalue weighted by Crippen LogP contribution is 2.33. The highest BCUT2D eigenvalue weighted by molar-refractivity contribution is 7.91. The van der Waals surface area contributed by atoms with E-state index in [0.717, 1.165) is 27.2 Å². The number of hydrogen-bond acceptors (Lipinski definition) is 9. The summed E-state index contributed by atoms with van der Waals surface area (Å²) in [4.78, 5) is 20.5. The van der Waals surface area contributed by atoms with E-state index >= 15 is 0 Å². The van der Waals surface area contributed by atoms with Crippen molar-refractivity contribution < 1.29 is 8.42 Å². The molecule has 12 heteroatoms. The zero-order valence-electron chi connectivity index (χ0n) is 17.5. The topological polar surface area (TPSA) is 97.1 Å². The van der Waals surface area contributed by atoms with Gasteiger partial charge in [-0.1, -0.05) is 0 Å². The number of anilines is 1. The van der Waals surface area contributed by atoms with Gasteiger partial charge >= 0.3 is 0 Å². The Morgan fingerprint density at radius 3 is 2.47 bits per heavy atom. The fraction of sp³-hybridized carbons (Fsp3) is 0.300. The molecule has 0 saturated carbocycles. The number of piperazine rings is 1. The molecule has 32 heavy (non-hydrogen) atoms. The Morgan fingerprint density at radius 2 is 1.78 bits per heavy atom. The van der Waals surface area contributed by atoms with Crippen LogP contribution in [0.3, 0.4) is 0 Å². The van der Waals surface area contributed by atoms with Crippen LogP contribution in [0.25, 0.3) is 16.4 Å². The van der Waals surface area contributed by atoms with Crippen molar-refractivity contribution in [1.82, 2.24) is 28.8 Å². The van der Waals surface area contributed by atoms with Crippen molar-refractivity contribution >= 4 is 38.5 Å². The van der Waals surface area contributed by atoms with Crippen LogP contribution in [0.15, 0.2) is 46.5 Å². The third-order valence-electron chi connectivity index (χ3n) is 5.19. The standard InChI is InChI=1S/C20H21N7O2S3/c1-14-22-18(11-19(23-14)26-6-5-21-13-26)25-7-9-27(10-8-25)32(28,29)20-4-3-17(31-20)16-12-30-15(2)24-16/h3-6,11-13H,7-10H2,1-2H3. The van der Waals surface area contributed by atoms with E-state index in [1.54, 1.807) is 34.2 Å². The lowest BCUT2D eigenvalue weighted by molar-refractivity contribution is 0.384. The van der Waals surface area contributed by atoms with Crippen LogP contribution in [0.5, 0.6) is 0 Å². The highest BCUT2D eigenvalue weighted by atomic mass is 32.2. The number of imidazole rings is 1. The van der Waals surface area contributed by atoms with E-state index in [4.69, 9.17) is 0 Å². The molecule has 0 bridgehead atoms. The minimum absolute atomic E-state index is 0.354. The normalized spacial score (nSPS) is 15.4. The van der Waals surface area contributed by atoms with Crippen molar-refractivity contribution in [3.05, 3.63) is 53.1 Å². The second-order valence-corrected chi connectivity index (χ2v) is 11.7. The predicted octanol–water partition coefficient (Wildman–Crippen LogP) is 2.98. The van der Waals surface area contributed by atoms with Gasteiger partial charge in [0.1, 0.15) is 28.0 Å². The molecule has 0 aromatic carbocycles. The summed E-state index contributed by atoms with van der Waals surface area (Å²) in [6, 6.07) is 5.42. The lowest BCUT2D eigenvalue weighted by Gasteiger charge is -2.34. The molecule has 0 amide bonds. The molecular weight excluding hydrogens is 466 g/mol. The van der Waals surface area contributed by atoms with Gasteiger partial charge in [0.2, 0.25) is 0 Å². The van der Waals surface area contributed by atoms with Gasteiger partial charge in [-0.3, -0.25) is 4.57 Å². The Morgan fingerprint density at radius 1 is 1.00 bits per heavy atom. The number of rotatable bonds is 5. The molecule has 0 aliphatic carbocycles. The smallest absolute Gasteiger partial charge is 0.252 e. The number of nitrogens with zero attached hydrogens (tertiary/aromatic N) is 7. The van der Waals surface area contributed by atoms with Crippen LogP contribution in [0.1, 0.15) is 10.8 Å². The Balaban J connectivity index is 1.31. The van der Waals surface area contributed by atoms with Gasteiger partial charge < -0.3 is 4.90 Å². The van der Waals surface area contributed by atoms with Crippen molar-refractivity contribution in [2.75, 3.05) is 31.1 Å². The Kier molecular flexibility index (Phi) is 5.53. The summed E-state index contributed by atoms with van der Waals surface area (Å²) in [5.74, 6) is 2.18. The van der Waals surface area contributed by atoms with Crippen molar-refractivity contribution in [3.63, 3.8) is 0 Å². The predicted molar refractivity (Wildman–Crippen MR) is 125 cm³/mol. The number of hydrogen-bond donors (Lipinski definition) is 0. The van der Waals surface area contributed by atoms with E-state index in [0.29, 0.717) is 36.2 Å². The zero-order valence-corrected chi connectivity index (χ0v) is 20.0. The van der Waals surface area contributed by atoms with Gasteiger partial charge in [0.15, 0.2) is 0 Å². The molecule has 5 rings (SSSR count). The molecule has 1 saturated heterocycles. The molecule has 0 N–H and O–H groups in total. The SMILES string of the molecule is Cc1nc(N2CCN(S(=O)(=O)c3ccc(-c4csc(C)n4)s3)CC2)cc(-n2ccnc2)n1. The molecule has 1 fully saturated rings. The van der Waals surface area contributed by atoms with E-state index in [9.17, 15) is 8.42 Å². The Labute approximate surface area is 194 Å². The quantitative estimate of drug-likeness (QED) is 0.427. The molecule has 9 nitrogen and oxygen atoms in total. The maximum Gasteiger partial charge on any atom is 0.252 e. The number of thiophene rings is 1. The first-order chi connectivity index (χ1) is 15.4. The van der Waals surface area contributed by atoms with Gasteiger partial charge in [-0.25, -0.2) is 28.4 Å². The third kappa shape index (κ3) is 4.06. The van der Waals surface area contributed by atoms with E-state index < -0.39 is 10.0 Å². The molecule has 5 heterocycles. The van der Waals surface area contributed by atoms with Gasteiger partial charge in [0, 0.05) is 50.0 Å². The summed E-state index contributed by atoms with van der Waals surface area (Å²) in [5, 5.41) is 2.92. The average Bonchev–Trinajstić information content (AvgIpc) is 3.55. The van der Waals surface area contributed by atoms with E-state index in [1.807, 2.05) is 42.1 Å². The van der Waals surface area contributed by atoms with Gasteiger partial charge in [-0.05, 0) is 26.0 Å². The van der Waals surface area contributed by atoms with Gasteiger partial charge in [-0.2, -0.15) is 4.31 Å². The molecule has 0 spiro atoms. The monoisotopic (exact) mass is 487 g/mol. The fourth-order valence-corrected chi connectivity index (χ4v) is 7.11. The van der Waals surface area contributed by atoms with Crippen molar-refractivity contribution in [2.24, 2.45) is 0 Å². The molecule has 166 valence electrons. The number of aromatic nitrogens is 5. The summed E-state index contributed by atoms with van der Waals surface area (Å²) in [6.07, 6.45) is 5.23. The van der Waals surface area contributed by atoms with Crippen LogP contribution in [0.4, 0.5) is 5.82 Å². The average molecular weight is 488 g/mol. The lowest BCUT2D eigenvalue weighted by atomic mass is 10.3. The minimum Gasteiger partial charge on any atom is -0.354 e. The van der Waals surface area contributed by atoms with E-state index in [1.165, 1.54) is 11.3 Å². The van der Waals surface area contributed by atoms with Crippen LogP contribution in [0.2, 0.25) is 0 Å². The highest BCUT2D eigenvalue weighted by Gasteiger charge is 2.30. The summed E-state index contributed by atoms with van der Waals surface area (Å²) in [5.41, 5.74) is 0.830. The van der Waals surface area contributed by atoms with Crippen LogP contribution in [-0.4, -0.2) is 63.4 Å². The summed E-state index contributed by atoms with van der Waals surface area (Å²) in [7, 11) is -3.54. The maximum atomic E-state index is 13.2. The molecule has 1 aliphatic heterocycles.